The van der Waals surface area contributed by atoms with Crippen molar-refractivity contribution in [2.75, 3.05) is 0 Å². The molecule has 3 aromatic carbocycles. The van der Waals surface area contributed by atoms with Gasteiger partial charge in [-0.3, -0.25) is 0 Å². The molecule has 43 heavy (non-hydrogen) atoms. The Morgan fingerprint density at radius 1 is 0.535 bits per heavy atom. The quantitative estimate of drug-likeness (QED) is 0.0895. The van der Waals surface area contributed by atoms with E-state index < -0.39 is 0 Å². The summed E-state index contributed by atoms with van der Waals surface area (Å²) in [4.78, 5) is 0. The molecule has 0 aliphatic carbocycles. The highest BCUT2D eigenvalue weighted by Gasteiger charge is 2.23. The van der Waals surface area contributed by atoms with Gasteiger partial charge in [0.25, 0.3) is 0 Å². The maximum absolute atomic E-state index is 11.5. The Balaban J connectivity index is 1.43. The summed E-state index contributed by atoms with van der Waals surface area (Å²) in [5.74, 6) is 0.369. The number of hydrogen-bond donors (Lipinski definition) is 3. The van der Waals surface area contributed by atoms with Crippen LogP contribution in [0.1, 0.15) is 115 Å². The van der Waals surface area contributed by atoms with Gasteiger partial charge in [0, 0.05) is 11.1 Å². The first-order valence-corrected chi connectivity index (χ1v) is 16.7. The lowest BCUT2D eigenvalue weighted by molar-refractivity contribution is 0.465. The number of hydrogen-bond acceptors (Lipinski definition) is 5. The molecule has 5 rings (SSSR count). The number of nitrogens with zero attached hydrogens (tertiary/aromatic N) is 4. The molecule has 3 N–H and O–H groups in total. The molecule has 0 saturated heterocycles. The first kappa shape index (κ1) is 30.7. The van der Waals surface area contributed by atoms with Crippen LogP contribution < -0.4 is 0 Å². The Hall–Kier alpha value is -3.74. The highest BCUT2D eigenvalue weighted by molar-refractivity contribution is 6.03. The number of fused-ring (bicyclic) bond motifs is 2. The summed E-state index contributed by atoms with van der Waals surface area (Å²) in [5.41, 5.74) is 9.66. The van der Waals surface area contributed by atoms with Crippen molar-refractivity contribution in [3.05, 3.63) is 53.6 Å². The number of nitrogens with one attached hydrogen (secondary N) is 2. The standard InChI is InChI=1S/C36H48N6O/c1-3-5-7-8-9-10-11-12-13-14-15-16-20-27-26(19-6-4-2)33(43)25-30(28-21-17-23-31-35(28)39-41-37-31)34(27)29-22-18-24-32-36(29)40-42-38-32/h17-18,21-25,43H,3-16,19-20H2,1-2H3,(H,37,39,41)(H,38,40,42). The highest BCUT2D eigenvalue weighted by Crippen LogP contribution is 2.45. The van der Waals surface area contributed by atoms with Crippen molar-refractivity contribution < 1.29 is 5.11 Å². The van der Waals surface area contributed by atoms with E-state index in [9.17, 15) is 5.11 Å². The van der Waals surface area contributed by atoms with E-state index in [1.165, 1.54) is 76.2 Å². The fraction of sp³-hybridized carbons (Fsp3) is 0.500. The SMILES string of the molecule is CCCCCCCCCCCCCCc1c(CCCC)c(O)cc(-c2cccc3n[nH]nc23)c1-c1cccc2n[nH]nc12. The molecule has 0 aliphatic heterocycles. The second kappa shape index (κ2) is 15.6. The molecule has 228 valence electrons. The van der Waals surface area contributed by atoms with Crippen LogP contribution in [-0.2, 0) is 12.8 Å². The molecular formula is C36H48N6O. The Labute approximate surface area is 255 Å². The molecule has 0 amide bonds. The largest absolute Gasteiger partial charge is 0.508 e. The molecule has 0 aliphatic rings. The van der Waals surface area contributed by atoms with Gasteiger partial charge in [-0.1, -0.05) is 115 Å². The van der Waals surface area contributed by atoms with Gasteiger partial charge in [-0.2, -0.15) is 30.8 Å². The maximum Gasteiger partial charge on any atom is 0.120 e. The monoisotopic (exact) mass is 580 g/mol. The number of phenols is 1. The number of aromatic amines is 2. The van der Waals surface area contributed by atoms with Gasteiger partial charge in [0.1, 0.15) is 27.8 Å². The normalized spacial score (nSPS) is 11.7. The zero-order valence-corrected chi connectivity index (χ0v) is 26.1. The van der Waals surface area contributed by atoms with Crippen molar-refractivity contribution >= 4 is 22.1 Å². The third kappa shape index (κ3) is 7.43. The van der Waals surface area contributed by atoms with E-state index >= 15 is 0 Å². The van der Waals surface area contributed by atoms with Crippen molar-refractivity contribution in [1.29, 1.82) is 0 Å². The zero-order valence-electron chi connectivity index (χ0n) is 26.1. The van der Waals surface area contributed by atoms with Crippen LogP contribution in [0.4, 0.5) is 0 Å². The summed E-state index contributed by atoms with van der Waals surface area (Å²) in [6, 6.07) is 14.2. The number of para-hydroxylation sites is 2. The molecule has 0 unspecified atom stereocenters. The van der Waals surface area contributed by atoms with Crippen molar-refractivity contribution in [2.45, 2.75) is 117 Å². The Kier molecular flexibility index (Phi) is 11.2. The molecule has 5 aromatic rings. The molecule has 0 fully saturated rings. The number of unbranched alkanes of at least 4 members (excludes halogenated alkanes) is 12. The number of benzene rings is 3. The van der Waals surface area contributed by atoms with Gasteiger partial charge in [-0.05, 0) is 66.1 Å². The number of rotatable bonds is 18. The lowest BCUT2D eigenvalue weighted by Gasteiger charge is -2.22. The molecule has 2 heterocycles. The summed E-state index contributed by atoms with van der Waals surface area (Å²) >= 11 is 0. The van der Waals surface area contributed by atoms with E-state index in [-0.39, 0.29) is 0 Å². The molecule has 0 bridgehead atoms. The van der Waals surface area contributed by atoms with Gasteiger partial charge in [0.15, 0.2) is 0 Å². The third-order valence-corrected chi connectivity index (χ3v) is 8.84. The second-order valence-corrected chi connectivity index (χ2v) is 12.0. The summed E-state index contributed by atoms with van der Waals surface area (Å²) in [7, 11) is 0. The van der Waals surface area contributed by atoms with Crippen LogP contribution in [0.3, 0.4) is 0 Å². The predicted octanol–water partition coefficient (Wildman–Crippen LogP) is 9.85. The van der Waals surface area contributed by atoms with Gasteiger partial charge in [0.2, 0.25) is 0 Å². The van der Waals surface area contributed by atoms with E-state index in [0.29, 0.717) is 5.75 Å². The smallest absolute Gasteiger partial charge is 0.120 e. The van der Waals surface area contributed by atoms with Crippen molar-refractivity contribution in [3.8, 4) is 28.0 Å². The van der Waals surface area contributed by atoms with E-state index in [1.54, 1.807) is 0 Å². The summed E-state index contributed by atoms with van der Waals surface area (Å²) in [6.45, 7) is 4.49. The molecule has 0 spiro atoms. The maximum atomic E-state index is 11.5. The number of aromatic hydroxyl groups is 1. The summed E-state index contributed by atoms with van der Waals surface area (Å²) in [6.07, 6.45) is 19.7. The molecule has 0 saturated carbocycles. The Morgan fingerprint density at radius 2 is 1.05 bits per heavy atom. The first-order valence-electron chi connectivity index (χ1n) is 16.7. The van der Waals surface area contributed by atoms with E-state index in [1.807, 2.05) is 30.3 Å². The summed E-state index contributed by atoms with van der Waals surface area (Å²) < 4.78 is 0. The molecular weight excluding hydrogens is 532 g/mol. The minimum atomic E-state index is 0.369. The van der Waals surface area contributed by atoms with Crippen LogP contribution in [-0.4, -0.2) is 35.9 Å². The predicted molar refractivity (Wildman–Crippen MR) is 177 cm³/mol. The number of aromatic nitrogens is 6. The highest BCUT2D eigenvalue weighted by atomic mass is 16.3. The molecule has 7 heteroatoms. The lowest BCUT2D eigenvalue weighted by Crippen LogP contribution is -2.03. The van der Waals surface area contributed by atoms with Crippen LogP contribution in [0.2, 0.25) is 0 Å². The Bertz CT molecular complexity index is 1590. The van der Waals surface area contributed by atoms with E-state index in [2.05, 4.69) is 56.8 Å². The Morgan fingerprint density at radius 3 is 1.65 bits per heavy atom. The van der Waals surface area contributed by atoms with Crippen LogP contribution in [0.15, 0.2) is 42.5 Å². The fourth-order valence-electron chi connectivity index (χ4n) is 6.49. The van der Waals surface area contributed by atoms with Crippen LogP contribution >= 0.6 is 0 Å². The van der Waals surface area contributed by atoms with E-state index in [4.69, 9.17) is 0 Å². The third-order valence-electron chi connectivity index (χ3n) is 8.84. The van der Waals surface area contributed by atoms with Gasteiger partial charge in [-0.25, -0.2) is 0 Å². The summed E-state index contributed by atoms with van der Waals surface area (Å²) in [5, 5.41) is 35.0. The van der Waals surface area contributed by atoms with Gasteiger partial charge in [-0.15, -0.1) is 0 Å². The van der Waals surface area contributed by atoms with Crippen LogP contribution in [0, 0.1) is 0 Å². The van der Waals surface area contributed by atoms with Crippen molar-refractivity contribution in [3.63, 3.8) is 0 Å². The molecule has 0 radical (unpaired) electrons. The molecule has 7 nitrogen and oxygen atoms in total. The van der Waals surface area contributed by atoms with Gasteiger partial charge < -0.3 is 5.11 Å². The van der Waals surface area contributed by atoms with Crippen LogP contribution in [0.5, 0.6) is 5.75 Å². The fourth-order valence-corrected chi connectivity index (χ4v) is 6.49. The second-order valence-electron chi connectivity index (χ2n) is 12.0. The number of phenolic OH excluding ortho intramolecular Hbond substituents is 1. The van der Waals surface area contributed by atoms with Gasteiger partial charge >= 0.3 is 0 Å². The van der Waals surface area contributed by atoms with Crippen LogP contribution in [0.25, 0.3) is 44.3 Å². The first-order chi connectivity index (χ1) is 21.2. The topological polar surface area (TPSA) is 103 Å². The average Bonchev–Trinajstić information content (AvgIpc) is 3.71. The van der Waals surface area contributed by atoms with Crippen molar-refractivity contribution in [2.24, 2.45) is 0 Å². The van der Waals surface area contributed by atoms with E-state index in [0.717, 1.165) is 82.0 Å². The van der Waals surface area contributed by atoms with Crippen molar-refractivity contribution in [1.82, 2.24) is 30.8 Å². The van der Waals surface area contributed by atoms with Gasteiger partial charge in [0.05, 0.1) is 0 Å². The molecule has 0 atom stereocenters. The molecule has 2 aromatic heterocycles. The number of H-pyrrole nitrogens is 2. The average molecular weight is 581 g/mol. The minimum Gasteiger partial charge on any atom is -0.508 e. The zero-order chi connectivity index (χ0) is 29.9. The lowest BCUT2D eigenvalue weighted by atomic mass is 9.83. The minimum absolute atomic E-state index is 0.369.